The fourth-order valence-electron chi connectivity index (χ4n) is 1.52. The van der Waals surface area contributed by atoms with Crippen LogP contribution in [-0.2, 0) is 11.0 Å². The summed E-state index contributed by atoms with van der Waals surface area (Å²) < 4.78 is 37.4. The molecule has 1 N–H and O–H groups in total. The van der Waals surface area contributed by atoms with E-state index >= 15 is 0 Å². The average Bonchev–Trinajstić information content (AvgIpc) is 2.28. The molecule has 17 heavy (non-hydrogen) atoms. The second kappa shape index (κ2) is 5.21. The lowest BCUT2D eigenvalue weighted by Crippen LogP contribution is -2.19. The van der Waals surface area contributed by atoms with E-state index in [4.69, 9.17) is 0 Å². The van der Waals surface area contributed by atoms with Crippen LogP contribution in [0.5, 0.6) is 0 Å². The Morgan fingerprint density at radius 3 is 2.59 bits per heavy atom. The predicted molar refractivity (Wildman–Crippen MR) is 58.5 cm³/mol. The molecule has 0 aliphatic carbocycles. The van der Waals surface area contributed by atoms with Crippen molar-refractivity contribution in [3.63, 3.8) is 0 Å². The summed E-state index contributed by atoms with van der Waals surface area (Å²) in [6.45, 7) is 1.73. The third-order valence-electron chi connectivity index (χ3n) is 2.55. The molecule has 0 saturated heterocycles. The van der Waals surface area contributed by atoms with Gasteiger partial charge < -0.3 is 5.32 Å². The molecule has 0 bridgehead atoms. The Balaban J connectivity index is 2.88. The number of hydrogen-bond donors (Lipinski definition) is 1. The number of hydrogen-bond acceptors (Lipinski definition) is 1. The molecule has 1 amide bonds. The van der Waals surface area contributed by atoms with Crippen LogP contribution in [-0.4, -0.2) is 13.0 Å². The molecule has 0 aliphatic rings. The van der Waals surface area contributed by atoms with Crippen molar-refractivity contribution in [1.29, 1.82) is 0 Å². The topological polar surface area (TPSA) is 29.1 Å². The number of nitrogens with one attached hydrogen (secondary N) is 1. The number of rotatable bonds is 3. The number of amides is 1. The first kappa shape index (κ1) is 13.5. The highest BCUT2D eigenvalue weighted by molar-refractivity contribution is 5.76. The van der Waals surface area contributed by atoms with Crippen LogP contribution in [0.25, 0.3) is 0 Å². The quantitative estimate of drug-likeness (QED) is 0.871. The van der Waals surface area contributed by atoms with Gasteiger partial charge in [-0.15, -0.1) is 0 Å². The Kier molecular flexibility index (Phi) is 4.15. The molecule has 5 heteroatoms. The molecule has 0 radical (unpaired) electrons. The molecule has 1 aromatic rings. The van der Waals surface area contributed by atoms with Crippen molar-refractivity contribution in [2.45, 2.75) is 25.4 Å². The van der Waals surface area contributed by atoms with Gasteiger partial charge in [0.1, 0.15) is 0 Å². The molecule has 0 fully saturated rings. The highest BCUT2D eigenvalue weighted by Gasteiger charge is 2.30. The zero-order valence-corrected chi connectivity index (χ0v) is 9.64. The van der Waals surface area contributed by atoms with Gasteiger partial charge in [0.05, 0.1) is 5.56 Å². The lowest BCUT2D eigenvalue weighted by molar-refractivity contribution is -0.137. The second-order valence-electron chi connectivity index (χ2n) is 3.90. The minimum Gasteiger partial charge on any atom is -0.359 e. The summed E-state index contributed by atoms with van der Waals surface area (Å²) in [5.74, 6) is -0.424. The minimum atomic E-state index is -4.34. The summed E-state index contributed by atoms with van der Waals surface area (Å²) in [5, 5.41) is 2.45. The molecule has 94 valence electrons. The lowest BCUT2D eigenvalue weighted by atomic mass is 9.95. The van der Waals surface area contributed by atoms with E-state index in [0.29, 0.717) is 5.56 Å². The standard InChI is InChI=1S/C12H14F3NO/c1-8(6-11(17)16-2)9-4-3-5-10(7-9)12(13,14)15/h3-5,7-8H,6H2,1-2H3,(H,16,17)/t8-/m1/s1. The maximum atomic E-state index is 12.5. The van der Waals surface area contributed by atoms with Gasteiger partial charge in [-0.1, -0.05) is 25.1 Å². The molecule has 2 nitrogen and oxygen atoms in total. The summed E-state index contributed by atoms with van der Waals surface area (Å²) in [6.07, 6.45) is -4.17. The Morgan fingerprint density at radius 1 is 1.41 bits per heavy atom. The van der Waals surface area contributed by atoms with Crippen molar-refractivity contribution in [1.82, 2.24) is 5.32 Å². The van der Waals surface area contributed by atoms with Crippen LogP contribution in [0.2, 0.25) is 0 Å². The smallest absolute Gasteiger partial charge is 0.359 e. The lowest BCUT2D eigenvalue weighted by Gasteiger charge is -2.13. The van der Waals surface area contributed by atoms with Crippen LogP contribution in [0.15, 0.2) is 24.3 Å². The minimum absolute atomic E-state index is 0.178. The van der Waals surface area contributed by atoms with Crippen LogP contribution < -0.4 is 5.32 Å². The Hall–Kier alpha value is -1.52. The second-order valence-corrected chi connectivity index (χ2v) is 3.90. The number of alkyl halides is 3. The molecule has 0 unspecified atom stereocenters. The highest BCUT2D eigenvalue weighted by atomic mass is 19.4. The third-order valence-corrected chi connectivity index (χ3v) is 2.55. The highest BCUT2D eigenvalue weighted by Crippen LogP contribution is 2.31. The monoisotopic (exact) mass is 245 g/mol. The molecule has 0 aromatic heterocycles. The van der Waals surface area contributed by atoms with E-state index in [1.807, 2.05) is 0 Å². The van der Waals surface area contributed by atoms with Gasteiger partial charge in [0.15, 0.2) is 0 Å². The van der Waals surface area contributed by atoms with Crippen LogP contribution in [0.1, 0.15) is 30.4 Å². The maximum Gasteiger partial charge on any atom is 0.416 e. The number of carbonyl (C=O) groups is 1. The molecule has 0 aliphatic heterocycles. The van der Waals surface area contributed by atoms with Gasteiger partial charge in [-0.3, -0.25) is 4.79 Å². The van der Waals surface area contributed by atoms with E-state index < -0.39 is 11.7 Å². The van der Waals surface area contributed by atoms with Gasteiger partial charge in [-0.05, 0) is 17.5 Å². The first-order valence-electron chi connectivity index (χ1n) is 5.22. The molecule has 0 saturated carbocycles. The van der Waals surface area contributed by atoms with E-state index in [-0.39, 0.29) is 18.2 Å². The van der Waals surface area contributed by atoms with Crippen molar-refractivity contribution in [3.05, 3.63) is 35.4 Å². The number of benzene rings is 1. The molecular formula is C12H14F3NO. The van der Waals surface area contributed by atoms with E-state index in [1.54, 1.807) is 13.0 Å². The normalized spacial score (nSPS) is 13.2. The van der Waals surface area contributed by atoms with E-state index in [0.717, 1.165) is 12.1 Å². The zero-order valence-electron chi connectivity index (χ0n) is 9.64. The van der Waals surface area contributed by atoms with E-state index in [1.165, 1.54) is 13.1 Å². The fourth-order valence-corrected chi connectivity index (χ4v) is 1.52. The summed E-state index contributed by atoms with van der Waals surface area (Å²) in [4.78, 5) is 11.1. The summed E-state index contributed by atoms with van der Waals surface area (Å²) in [6, 6.07) is 5.07. The van der Waals surface area contributed by atoms with Gasteiger partial charge in [0.25, 0.3) is 0 Å². The summed E-state index contributed by atoms with van der Waals surface area (Å²) >= 11 is 0. The van der Waals surface area contributed by atoms with Gasteiger partial charge in [0.2, 0.25) is 5.91 Å². The van der Waals surface area contributed by atoms with E-state index in [9.17, 15) is 18.0 Å². The van der Waals surface area contributed by atoms with Crippen LogP contribution >= 0.6 is 0 Å². The van der Waals surface area contributed by atoms with Crippen molar-refractivity contribution in [2.24, 2.45) is 0 Å². The van der Waals surface area contributed by atoms with Gasteiger partial charge in [-0.2, -0.15) is 13.2 Å². The Labute approximate surface area is 97.8 Å². The fraction of sp³-hybridized carbons (Fsp3) is 0.417. The SMILES string of the molecule is CNC(=O)C[C@@H](C)c1cccc(C(F)(F)F)c1. The first-order valence-corrected chi connectivity index (χ1v) is 5.22. The van der Waals surface area contributed by atoms with Crippen molar-refractivity contribution >= 4 is 5.91 Å². The Morgan fingerprint density at radius 2 is 2.06 bits per heavy atom. The number of carbonyl (C=O) groups excluding carboxylic acids is 1. The molecule has 0 spiro atoms. The van der Waals surface area contributed by atoms with Crippen LogP contribution in [0.4, 0.5) is 13.2 Å². The van der Waals surface area contributed by atoms with Crippen molar-refractivity contribution in [2.75, 3.05) is 7.05 Å². The van der Waals surface area contributed by atoms with Crippen molar-refractivity contribution in [3.8, 4) is 0 Å². The summed E-state index contributed by atoms with van der Waals surface area (Å²) in [7, 11) is 1.50. The molecular weight excluding hydrogens is 231 g/mol. The first-order chi connectivity index (χ1) is 7.84. The van der Waals surface area contributed by atoms with Gasteiger partial charge >= 0.3 is 6.18 Å². The summed E-state index contributed by atoms with van der Waals surface area (Å²) in [5.41, 5.74) is -0.165. The van der Waals surface area contributed by atoms with Crippen LogP contribution in [0, 0.1) is 0 Å². The third kappa shape index (κ3) is 3.76. The largest absolute Gasteiger partial charge is 0.416 e. The molecule has 1 atom stereocenters. The van der Waals surface area contributed by atoms with Crippen molar-refractivity contribution < 1.29 is 18.0 Å². The van der Waals surface area contributed by atoms with E-state index in [2.05, 4.69) is 5.32 Å². The molecule has 1 rings (SSSR count). The molecule has 0 heterocycles. The average molecular weight is 245 g/mol. The Bertz CT molecular complexity index is 401. The van der Waals surface area contributed by atoms with Gasteiger partial charge in [-0.25, -0.2) is 0 Å². The maximum absolute atomic E-state index is 12.5. The molecule has 1 aromatic carbocycles. The predicted octanol–water partition coefficient (Wildman–Crippen LogP) is 2.95. The van der Waals surface area contributed by atoms with Gasteiger partial charge in [0, 0.05) is 13.5 Å². The zero-order chi connectivity index (χ0) is 13.1. The number of halogens is 3. The van der Waals surface area contributed by atoms with Crippen LogP contribution in [0.3, 0.4) is 0 Å².